The summed E-state index contributed by atoms with van der Waals surface area (Å²) in [7, 11) is 5.97. The number of halogens is 1. The van der Waals surface area contributed by atoms with Crippen LogP contribution in [0.15, 0.2) is 40.2 Å². The van der Waals surface area contributed by atoms with Gasteiger partial charge in [-0.3, -0.25) is 4.68 Å². The topological polar surface area (TPSA) is 90.9 Å². The van der Waals surface area contributed by atoms with Crippen molar-refractivity contribution in [1.29, 1.82) is 0 Å². The fourth-order valence-corrected chi connectivity index (χ4v) is 2.64. The van der Waals surface area contributed by atoms with E-state index in [1.165, 1.54) is 0 Å². The molecule has 0 aliphatic carbocycles. The van der Waals surface area contributed by atoms with Crippen LogP contribution in [0, 0.1) is 0 Å². The molecule has 0 spiro atoms. The highest BCUT2D eigenvalue weighted by Crippen LogP contribution is 2.21. The molecule has 2 atom stereocenters. The Bertz CT molecular complexity index is 697. The van der Waals surface area contributed by atoms with Crippen LogP contribution in [0.5, 0.6) is 0 Å². The van der Waals surface area contributed by atoms with Gasteiger partial charge in [0.15, 0.2) is 5.96 Å². The summed E-state index contributed by atoms with van der Waals surface area (Å²) in [5.41, 5.74) is -0.0284. The van der Waals surface area contributed by atoms with Crippen molar-refractivity contribution in [2.24, 2.45) is 12.0 Å². The van der Waals surface area contributed by atoms with E-state index >= 15 is 0 Å². The van der Waals surface area contributed by atoms with Gasteiger partial charge in [-0.05, 0) is 40.1 Å². The lowest BCUT2D eigenvalue weighted by molar-refractivity contribution is 0.0437. The van der Waals surface area contributed by atoms with Gasteiger partial charge in [0.2, 0.25) is 0 Å². The molecule has 0 radical (unpaired) electrons. The molecule has 2 aromatic heterocycles. The van der Waals surface area contributed by atoms with E-state index in [2.05, 4.69) is 25.6 Å². The molecule has 0 bridgehead atoms. The summed E-state index contributed by atoms with van der Waals surface area (Å²) in [6.07, 6.45) is 5.43. The Hall–Kier alpha value is -1.59. The number of likely N-dealkylation sites (N-methyl/N-ethyl adjacent to an activating group) is 1. The first kappa shape index (κ1) is 23.4. The molecular weight excluding hydrogens is 459 g/mol. The van der Waals surface area contributed by atoms with Crippen molar-refractivity contribution < 1.29 is 9.52 Å². The number of nitrogens with one attached hydrogen (secondary N) is 2. The molecule has 8 nitrogen and oxygen atoms in total. The van der Waals surface area contributed by atoms with Crippen LogP contribution in [0.1, 0.15) is 31.2 Å². The zero-order valence-electron chi connectivity index (χ0n) is 16.6. The summed E-state index contributed by atoms with van der Waals surface area (Å²) >= 11 is 0. The van der Waals surface area contributed by atoms with Crippen LogP contribution in [-0.2, 0) is 12.6 Å². The summed E-state index contributed by atoms with van der Waals surface area (Å²) in [6, 6.07) is 3.66. The van der Waals surface area contributed by atoms with Gasteiger partial charge < -0.3 is 25.1 Å². The average molecular weight is 490 g/mol. The zero-order valence-corrected chi connectivity index (χ0v) is 19.0. The normalized spacial score (nSPS) is 15.1. The maximum absolute atomic E-state index is 10.6. The van der Waals surface area contributed by atoms with Gasteiger partial charge in [-0.1, -0.05) is 0 Å². The summed E-state index contributed by atoms with van der Waals surface area (Å²) < 4.78 is 7.10. The fraction of sp³-hybridized carbons (Fsp3) is 0.556. The van der Waals surface area contributed by atoms with Crippen molar-refractivity contribution in [1.82, 2.24) is 25.3 Å². The number of aliphatic imine (C=N–C) groups is 1. The fourth-order valence-electron chi connectivity index (χ4n) is 2.64. The van der Waals surface area contributed by atoms with Crippen molar-refractivity contribution in [3.63, 3.8) is 0 Å². The second-order valence-corrected chi connectivity index (χ2v) is 6.75. The molecule has 0 aliphatic heterocycles. The number of furan rings is 1. The van der Waals surface area contributed by atoms with E-state index in [0.29, 0.717) is 18.3 Å². The molecule has 9 heteroatoms. The van der Waals surface area contributed by atoms with E-state index in [0.717, 1.165) is 12.1 Å². The van der Waals surface area contributed by atoms with Crippen LogP contribution in [0.2, 0.25) is 0 Å². The molecule has 0 fully saturated rings. The lowest BCUT2D eigenvalue weighted by Crippen LogP contribution is -2.42. The van der Waals surface area contributed by atoms with Crippen molar-refractivity contribution in [2.45, 2.75) is 25.5 Å². The first-order valence-electron chi connectivity index (χ1n) is 8.77. The minimum absolute atomic E-state index is 0. The lowest BCUT2D eigenvalue weighted by Gasteiger charge is -2.25. The van der Waals surface area contributed by atoms with Gasteiger partial charge in [0.05, 0.1) is 25.0 Å². The predicted molar refractivity (Wildman–Crippen MR) is 117 cm³/mol. The largest absolute Gasteiger partial charge is 0.466 e. The van der Waals surface area contributed by atoms with Gasteiger partial charge in [0.25, 0.3) is 0 Å². The summed E-state index contributed by atoms with van der Waals surface area (Å²) in [5, 5.41) is 21.4. The van der Waals surface area contributed by atoms with E-state index in [1.807, 2.05) is 40.5 Å². The molecule has 0 saturated carbocycles. The van der Waals surface area contributed by atoms with Gasteiger partial charge in [-0.25, -0.2) is 4.99 Å². The number of rotatable bonds is 8. The highest BCUT2D eigenvalue weighted by Gasteiger charge is 2.26. The molecule has 0 aromatic carbocycles. The molecule has 0 saturated heterocycles. The lowest BCUT2D eigenvalue weighted by atomic mass is 10.0. The second kappa shape index (κ2) is 10.7. The first-order valence-corrected chi connectivity index (χ1v) is 8.77. The van der Waals surface area contributed by atoms with E-state index < -0.39 is 5.60 Å². The average Bonchev–Trinajstić information content (AvgIpc) is 3.24. The number of hydrogen-bond acceptors (Lipinski definition) is 5. The number of nitrogens with zero attached hydrogens (tertiary/aromatic N) is 4. The SMILES string of the molecule is CCNC(=NCC(C)(O)c1ccco1)NCC(c1cnn(C)c1)N(C)C.I. The smallest absolute Gasteiger partial charge is 0.191 e. The van der Waals surface area contributed by atoms with Crippen molar-refractivity contribution in [2.75, 3.05) is 33.7 Å². The highest BCUT2D eigenvalue weighted by molar-refractivity contribution is 14.0. The van der Waals surface area contributed by atoms with E-state index in [-0.39, 0.29) is 36.6 Å². The number of aliphatic hydroxyl groups is 1. The van der Waals surface area contributed by atoms with Gasteiger partial charge >= 0.3 is 0 Å². The Morgan fingerprint density at radius 2 is 2.19 bits per heavy atom. The number of aromatic nitrogens is 2. The Kier molecular flexibility index (Phi) is 9.27. The Labute approximate surface area is 178 Å². The predicted octanol–water partition coefficient (Wildman–Crippen LogP) is 1.70. The minimum atomic E-state index is -1.16. The Morgan fingerprint density at radius 3 is 2.70 bits per heavy atom. The molecule has 2 heterocycles. The quantitative estimate of drug-likeness (QED) is 0.297. The molecule has 2 rings (SSSR count). The first-order chi connectivity index (χ1) is 12.3. The standard InChI is InChI=1S/C18H30N6O2.HI/c1-6-19-17(21-13-18(2,25)16-8-7-9-26-16)20-11-15(23(3)4)14-10-22-24(5)12-14;/h7-10,12,15,25H,6,11,13H2,1-5H3,(H2,19,20,21);1H. The number of aryl methyl sites for hydroxylation is 1. The molecule has 0 amide bonds. The molecule has 0 aliphatic rings. The van der Waals surface area contributed by atoms with Crippen molar-refractivity contribution in [3.05, 3.63) is 42.1 Å². The van der Waals surface area contributed by atoms with Gasteiger partial charge in [0.1, 0.15) is 11.4 Å². The van der Waals surface area contributed by atoms with Crippen molar-refractivity contribution in [3.8, 4) is 0 Å². The van der Waals surface area contributed by atoms with E-state index in [1.54, 1.807) is 30.0 Å². The third-order valence-electron chi connectivity index (χ3n) is 4.14. The third kappa shape index (κ3) is 6.82. The molecular formula is C18H31IN6O2. The zero-order chi connectivity index (χ0) is 19.2. The van der Waals surface area contributed by atoms with E-state index in [9.17, 15) is 5.11 Å². The van der Waals surface area contributed by atoms with Gasteiger partial charge in [-0.15, -0.1) is 24.0 Å². The Balaban J connectivity index is 0.00000364. The number of guanidine groups is 1. The highest BCUT2D eigenvalue weighted by atomic mass is 127. The molecule has 27 heavy (non-hydrogen) atoms. The van der Waals surface area contributed by atoms with E-state index in [4.69, 9.17) is 4.42 Å². The number of hydrogen-bond donors (Lipinski definition) is 3. The van der Waals surface area contributed by atoms with Crippen LogP contribution in [0.25, 0.3) is 0 Å². The van der Waals surface area contributed by atoms with Gasteiger partial charge in [-0.2, -0.15) is 5.10 Å². The summed E-state index contributed by atoms with van der Waals surface area (Å²) in [5.74, 6) is 1.15. The van der Waals surface area contributed by atoms with Crippen molar-refractivity contribution >= 4 is 29.9 Å². The van der Waals surface area contributed by atoms with Crippen LogP contribution >= 0.6 is 24.0 Å². The summed E-state index contributed by atoms with van der Waals surface area (Å²) in [4.78, 5) is 6.65. The second-order valence-electron chi connectivity index (χ2n) is 6.75. The molecule has 152 valence electrons. The molecule has 2 aromatic rings. The van der Waals surface area contributed by atoms with Crippen LogP contribution in [0.3, 0.4) is 0 Å². The maximum atomic E-state index is 10.6. The minimum Gasteiger partial charge on any atom is -0.466 e. The van der Waals surface area contributed by atoms with Crippen LogP contribution in [0.4, 0.5) is 0 Å². The van der Waals surface area contributed by atoms with Crippen LogP contribution < -0.4 is 10.6 Å². The van der Waals surface area contributed by atoms with Gasteiger partial charge in [0, 0.05) is 31.9 Å². The third-order valence-corrected chi connectivity index (χ3v) is 4.14. The molecule has 3 N–H and O–H groups in total. The maximum Gasteiger partial charge on any atom is 0.191 e. The Morgan fingerprint density at radius 1 is 1.44 bits per heavy atom. The summed E-state index contributed by atoms with van der Waals surface area (Å²) in [6.45, 7) is 5.28. The monoisotopic (exact) mass is 490 g/mol. The molecule has 2 unspecified atom stereocenters. The van der Waals surface area contributed by atoms with Crippen LogP contribution in [-0.4, -0.2) is 59.5 Å².